The molecule has 2 aromatic rings. The topological polar surface area (TPSA) is 67.9 Å². The summed E-state index contributed by atoms with van der Waals surface area (Å²) in [4.78, 5) is 19.7. The Kier molecular flexibility index (Phi) is 6.40. The number of hydrogen-bond acceptors (Lipinski definition) is 4. The smallest absolute Gasteiger partial charge is 0.260 e. The molecule has 0 saturated heterocycles. The number of rotatable bonds is 5. The van der Waals surface area contributed by atoms with Gasteiger partial charge in [0.2, 0.25) is 0 Å². The molecule has 2 aliphatic rings. The maximum Gasteiger partial charge on any atom is 0.260 e. The molecule has 1 fully saturated rings. The zero-order valence-electron chi connectivity index (χ0n) is 18.4. The van der Waals surface area contributed by atoms with Crippen LogP contribution in [0.1, 0.15) is 64.7 Å². The summed E-state index contributed by atoms with van der Waals surface area (Å²) in [6.45, 7) is 4.55. The minimum atomic E-state index is 0.121. The molecular formula is C26H31N3O2. The highest BCUT2D eigenvalue weighted by molar-refractivity contribution is 5.99. The van der Waals surface area contributed by atoms with Crippen molar-refractivity contribution in [1.29, 1.82) is 0 Å². The lowest BCUT2D eigenvalue weighted by Crippen LogP contribution is -2.46. The first kappa shape index (κ1) is 21.2. The second-order valence-corrected chi connectivity index (χ2v) is 8.51. The van der Waals surface area contributed by atoms with Crippen LogP contribution in [0.4, 0.5) is 5.69 Å². The van der Waals surface area contributed by atoms with Gasteiger partial charge >= 0.3 is 0 Å². The lowest BCUT2D eigenvalue weighted by Gasteiger charge is -2.38. The maximum absolute atomic E-state index is 13.4. The Balaban J connectivity index is 1.58. The van der Waals surface area contributed by atoms with Crippen LogP contribution in [0.15, 0.2) is 47.6 Å². The molecule has 0 aromatic heterocycles. The lowest BCUT2D eigenvalue weighted by molar-refractivity contribution is 0.0316. The number of amides is 1. The molecule has 2 N–H and O–H groups in total. The molecule has 0 bridgehead atoms. The quantitative estimate of drug-likeness (QED) is 0.681. The van der Waals surface area contributed by atoms with Crippen molar-refractivity contribution < 1.29 is 9.53 Å². The Labute approximate surface area is 184 Å². The van der Waals surface area contributed by atoms with Crippen molar-refractivity contribution in [2.24, 2.45) is 10.7 Å². The number of carbonyl (C=O) groups is 1. The molecule has 1 aliphatic carbocycles. The molecular weight excluding hydrogens is 386 g/mol. The summed E-state index contributed by atoms with van der Waals surface area (Å²) in [5.74, 6) is 0.881. The maximum atomic E-state index is 13.4. The number of ether oxygens (including phenoxy) is 1. The molecule has 4 rings (SSSR count). The average molecular weight is 418 g/mol. The Hall–Kier alpha value is -3.08. The first-order valence-electron chi connectivity index (χ1n) is 11.1. The van der Waals surface area contributed by atoms with Crippen LogP contribution in [0.25, 0.3) is 0 Å². The van der Waals surface area contributed by atoms with Crippen molar-refractivity contribution in [2.45, 2.75) is 58.4 Å². The highest BCUT2D eigenvalue weighted by Gasteiger charge is 2.33. The number of carbonyl (C=O) groups excluding carboxylic acids is 1. The number of nitrogens with two attached hydrogens (primary N) is 1. The predicted molar refractivity (Wildman–Crippen MR) is 125 cm³/mol. The van der Waals surface area contributed by atoms with E-state index in [1.54, 1.807) is 12.3 Å². The summed E-state index contributed by atoms with van der Waals surface area (Å²) in [5.41, 5.74) is 11.5. The third kappa shape index (κ3) is 4.50. The number of hydrogen-bond donors (Lipinski definition) is 1. The van der Waals surface area contributed by atoms with E-state index in [0.29, 0.717) is 18.3 Å². The van der Waals surface area contributed by atoms with E-state index < -0.39 is 0 Å². The summed E-state index contributed by atoms with van der Waals surface area (Å²) >= 11 is 0. The monoisotopic (exact) mass is 417 g/mol. The van der Waals surface area contributed by atoms with Crippen LogP contribution in [-0.2, 0) is 6.42 Å². The molecule has 5 nitrogen and oxygen atoms in total. The van der Waals surface area contributed by atoms with Gasteiger partial charge in [-0.15, -0.1) is 0 Å². The van der Waals surface area contributed by atoms with E-state index in [9.17, 15) is 4.79 Å². The van der Waals surface area contributed by atoms with Crippen molar-refractivity contribution in [3.05, 3.63) is 70.4 Å². The van der Waals surface area contributed by atoms with Crippen LogP contribution in [0, 0.1) is 13.8 Å². The molecule has 162 valence electrons. The van der Waals surface area contributed by atoms with E-state index in [1.165, 1.54) is 42.2 Å². The summed E-state index contributed by atoms with van der Waals surface area (Å²) in [6.07, 6.45) is 11.4. The molecule has 2 aromatic carbocycles. The summed E-state index contributed by atoms with van der Waals surface area (Å²) < 4.78 is 6.11. The van der Waals surface area contributed by atoms with Gasteiger partial charge in [-0.05, 0) is 85.8 Å². The fourth-order valence-corrected chi connectivity index (χ4v) is 4.60. The second-order valence-electron chi connectivity index (χ2n) is 8.51. The SMILES string of the molecule is Cc1c(Cc2ccc(N=CC=CN)cc2)cc2c(c1C)OCN(C1CCCCC1)C2=O. The van der Waals surface area contributed by atoms with Crippen molar-refractivity contribution in [3.8, 4) is 5.75 Å². The van der Waals surface area contributed by atoms with Gasteiger partial charge in [0.1, 0.15) is 5.75 Å². The highest BCUT2D eigenvalue weighted by atomic mass is 16.5. The van der Waals surface area contributed by atoms with Crippen molar-refractivity contribution in [1.82, 2.24) is 4.90 Å². The standard InChI is InChI=1S/C26H31N3O2/c1-18-19(2)25-24(26(30)29(17-31-25)23-7-4-3-5-8-23)16-21(18)15-20-9-11-22(12-10-20)28-14-6-13-27/h6,9-14,16,23H,3-5,7-8,15,17,27H2,1-2H3. The van der Waals surface area contributed by atoms with Gasteiger partial charge in [0.25, 0.3) is 5.91 Å². The lowest BCUT2D eigenvalue weighted by atomic mass is 9.91. The van der Waals surface area contributed by atoms with Crippen LogP contribution in [0.3, 0.4) is 0 Å². The normalized spacial score (nSPS) is 17.4. The van der Waals surface area contributed by atoms with Gasteiger partial charge in [-0.25, -0.2) is 0 Å². The predicted octanol–water partition coefficient (Wildman–Crippen LogP) is 5.19. The van der Waals surface area contributed by atoms with Gasteiger partial charge in [0, 0.05) is 12.3 Å². The number of benzene rings is 2. The Bertz CT molecular complexity index is 1000. The summed E-state index contributed by atoms with van der Waals surface area (Å²) in [5, 5.41) is 0. The van der Waals surface area contributed by atoms with Gasteiger partial charge in [0.05, 0.1) is 11.3 Å². The Morgan fingerprint density at radius 1 is 1.13 bits per heavy atom. The van der Waals surface area contributed by atoms with E-state index in [4.69, 9.17) is 10.5 Å². The molecule has 1 heterocycles. The van der Waals surface area contributed by atoms with E-state index in [2.05, 4.69) is 31.0 Å². The van der Waals surface area contributed by atoms with Crippen molar-refractivity contribution >= 4 is 17.8 Å². The van der Waals surface area contributed by atoms with E-state index >= 15 is 0 Å². The van der Waals surface area contributed by atoms with E-state index in [1.807, 2.05) is 23.1 Å². The molecule has 1 amide bonds. The van der Waals surface area contributed by atoms with Crippen LogP contribution < -0.4 is 10.5 Å². The number of fused-ring (bicyclic) bond motifs is 1. The molecule has 0 atom stereocenters. The second kappa shape index (κ2) is 9.38. The molecule has 1 aliphatic heterocycles. The highest BCUT2D eigenvalue weighted by Crippen LogP contribution is 2.36. The van der Waals surface area contributed by atoms with Crippen LogP contribution in [0.2, 0.25) is 0 Å². The molecule has 0 radical (unpaired) electrons. The van der Waals surface area contributed by atoms with Crippen LogP contribution in [-0.4, -0.2) is 29.8 Å². The van der Waals surface area contributed by atoms with E-state index in [0.717, 1.165) is 36.3 Å². The van der Waals surface area contributed by atoms with Crippen LogP contribution in [0.5, 0.6) is 5.75 Å². The fraction of sp³-hybridized carbons (Fsp3) is 0.385. The first-order valence-corrected chi connectivity index (χ1v) is 11.1. The number of nitrogens with zero attached hydrogens (tertiary/aromatic N) is 2. The molecule has 31 heavy (non-hydrogen) atoms. The largest absolute Gasteiger partial charge is 0.472 e. The third-order valence-electron chi connectivity index (χ3n) is 6.55. The first-order chi connectivity index (χ1) is 15.1. The summed E-state index contributed by atoms with van der Waals surface area (Å²) in [6, 6.07) is 10.5. The fourth-order valence-electron chi connectivity index (χ4n) is 4.60. The zero-order valence-corrected chi connectivity index (χ0v) is 18.4. The van der Waals surface area contributed by atoms with Crippen LogP contribution >= 0.6 is 0 Å². The van der Waals surface area contributed by atoms with Crippen molar-refractivity contribution in [2.75, 3.05) is 6.73 Å². The minimum Gasteiger partial charge on any atom is -0.472 e. The zero-order chi connectivity index (χ0) is 21.8. The summed E-state index contributed by atoms with van der Waals surface area (Å²) in [7, 11) is 0. The van der Waals surface area contributed by atoms with Gasteiger partial charge in [0.15, 0.2) is 6.73 Å². The van der Waals surface area contributed by atoms with E-state index in [-0.39, 0.29) is 5.91 Å². The minimum absolute atomic E-state index is 0.121. The van der Waals surface area contributed by atoms with Gasteiger partial charge in [-0.2, -0.15) is 0 Å². The number of aliphatic imine (C=N–C) groups is 1. The molecule has 1 saturated carbocycles. The molecule has 5 heteroatoms. The number of allylic oxidation sites excluding steroid dienone is 1. The third-order valence-corrected chi connectivity index (χ3v) is 6.55. The average Bonchev–Trinajstić information content (AvgIpc) is 2.80. The van der Waals surface area contributed by atoms with Crippen molar-refractivity contribution in [3.63, 3.8) is 0 Å². The molecule has 0 unspecified atom stereocenters. The van der Waals surface area contributed by atoms with Gasteiger partial charge in [-0.1, -0.05) is 31.4 Å². The van der Waals surface area contributed by atoms with Gasteiger partial charge in [-0.3, -0.25) is 9.79 Å². The van der Waals surface area contributed by atoms with Gasteiger partial charge < -0.3 is 15.4 Å². The Morgan fingerprint density at radius 3 is 2.58 bits per heavy atom. The Morgan fingerprint density at radius 2 is 1.87 bits per heavy atom. The molecule has 0 spiro atoms.